The van der Waals surface area contributed by atoms with Gasteiger partial charge in [0, 0.05) is 17.7 Å². The van der Waals surface area contributed by atoms with E-state index < -0.39 is 6.04 Å². The number of phenolic OH excluding ortho intramolecular Hbond substituents is 1. The van der Waals surface area contributed by atoms with E-state index in [1.165, 1.54) is 0 Å². The number of rotatable bonds is 3. The first-order valence-electron chi connectivity index (χ1n) is 5.26. The van der Waals surface area contributed by atoms with Crippen LogP contribution >= 0.6 is 0 Å². The molecule has 0 radical (unpaired) electrons. The average Bonchev–Trinajstić information content (AvgIpc) is 2.30. The number of carbonyl (C=O) groups excluding carboxylic acids is 1. The number of aryl methyl sites for hydroxylation is 1. The van der Waals surface area contributed by atoms with Crippen LogP contribution in [-0.4, -0.2) is 17.1 Å². The van der Waals surface area contributed by atoms with Gasteiger partial charge in [0.05, 0.1) is 6.04 Å². The van der Waals surface area contributed by atoms with Crippen LogP contribution in [0.2, 0.25) is 0 Å². The largest absolute Gasteiger partial charge is 0.507 e. The number of amides is 1. The van der Waals surface area contributed by atoms with E-state index in [0.29, 0.717) is 11.3 Å². The van der Waals surface area contributed by atoms with Crippen LogP contribution in [0.25, 0.3) is 0 Å². The Hall–Kier alpha value is -1.99. The standard InChI is InChI=1S/C13H16N2O2/c1-4-5-10(14)13(17)15-11-7-6-8(2)12(16)9(11)3/h1,6-7,10,16H,5,14H2,2-3H3,(H,15,17). The zero-order valence-electron chi connectivity index (χ0n) is 9.95. The lowest BCUT2D eigenvalue weighted by Gasteiger charge is -2.13. The fourth-order valence-corrected chi connectivity index (χ4v) is 1.42. The van der Waals surface area contributed by atoms with Gasteiger partial charge in [-0.2, -0.15) is 0 Å². The van der Waals surface area contributed by atoms with Crippen LogP contribution in [-0.2, 0) is 4.79 Å². The van der Waals surface area contributed by atoms with Gasteiger partial charge < -0.3 is 16.2 Å². The molecule has 0 bridgehead atoms. The number of nitrogens with two attached hydrogens (primary N) is 1. The second kappa shape index (κ2) is 5.37. The van der Waals surface area contributed by atoms with Gasteiger partial charge in [-0.15, -0.1) is 12.3 Å². The predicted octanol–water partition coefficient (Wildman–Crippen LogP) is 1.30. The van der Waals surface area contributed by atoms with E-state index in [2.05, 4.69) is 11.2 Å². The molecule has 4 N–H and O–H groups in total. The molecule has 0 aliphatic rings. The van der Waals surface area contributed by atoms with Crippen LogP contribution in [0.5, 0.6) is 5.75 Å². The zero-order valence-corrected chi connectivity index (χ0v) is 9.95. The maximum Gasteiger partial charge on any atom is 0.242 e. The molecule has 90 valence electrons. The van der Waals surface area contributed by atoms with Gasteiger partial charge in [0.25, 0.3) is 0 Å². The number of anilines is 1. The normalized spacial score (nSPS) is 11.6. The van der Waals surface area contributed by atoms with Gasteiger partial charge >= 0.3 is 0 Å². The number of aromatic hydroxyl groups is 1. The number of carbonyl (C=O) groups is 1. The first-order valence-corrected chi connectivity index (χ1v) is 5.26. The SMILES string of the molecule is C#CCC(N)C(=O)Nc1ccc(C)c(O)c1C. The molecule has 0 aliphatic carbocycles. The minimum Gasteiger partial charge on any atom is -0.507 e. The third-order valence-corrected chi connectivity index (χ3v) is 2.57. The molecule has 0 heterocycles. The third kappa shape index (κ3) is 2.99. The molecule has 1 aromatic rings. The molecule has 0 saturated heterocycles. The fraction of sp³-hybridized carbons (Fsp3) is 0.308. The van der Waals surface area contributed by atoms with Gasteiger partial charge in [-0.05, 0) is 25.5 Å². The smallest absolute Gasteiger partial charge is 0.242 e. The summed E-state index contributed by atoms with van der Waals surface area (Å²) in [5.74, 6) is 2.16. The van der Waals surface area contributed by atoms with Crippen LogP contribution in [0.1, 0.15) is 17.5 Å². The summed E-state index contributed by atoms with van der Waals surface area (Å²) in [6, 6.07) is 2.72. The molecule has 0 fully saturated rings. The average molecular weight is 232 g/mol. The van der Waals surface area contributed by atoms with Crippen molar-refractivity contribution in [3.05, 3.63) is 23.3 Å². The number of phenols is 1. The van der Waals surface area contributed by atoms with Crippen molar-refractivity contribution in [2.45, 2.75) is 26.3 Å². The highest BCUT2D eigenvalue weighted by Crippen LogP contribution is 2.27. The first kappa shape index (κ1) is 13.1. The summed E-state index contributed by atoms with van der Waals surface area (Å²) in [6.07, 6.45) is 5.27. The van der Waals surface area contributed by atoms with Crippen molar-refractivity contribution in [2.24, 2.45) is 5.73 Å². The highest BCUT2D eigenvalue weighted by molar-refractivity contribution is 5.95. The summed E-state index contributed by atoms with van der Waals surface area (Å²) in [5, 5.41) is 12.4. The molecular formula is C13H16N2O2. The number of hydrogen-bond acceptors (Lipinski definition) is 3. The lowest BCUT2D eigenvalue weighted by atomic mass is 10.1. The molecule has 0 aliphatic heterocycles. The van der Waals surface area contributed by atoms with Crippen molar-refractivity contribution in [1.82, 2.24) is 0 Å². The van der Waals surface area contributed by atoms with Gasteiger partial charge in [-0.3, -0.25) is 4.79 Å². The maximum atomic E-state index is 11.6. The Morgan fingerprint density at radius 3 is 2.82 bits per heavy atom. The summed E-state index contributed by atoms with van der Waals surface area (Å²) in [6.45, 7) is 3.52. The Kier molecular flexibility index (Phi) is 4.13. The molecule has 0 saturated carbocycles. The van der Waals surface area contributed by atoms with Crippen molar-refractivity contribution >= 4 is 11.6 Å². The van der Waals surface area contributed by atoms with Gasteiger partial charge in [0.15, 0.2) is 0 Å². The van der Waals surface area contributed by atoms with E-state index in [0.717, 1.165) is 5.56 Å². The van der Waals surface area contributed by atoms with Crippen LogP contribution in [0, 0.1) is 26.2 Å². The van der Waals surface area contributed by atoms with E-state index in [9.17, 15) is 9.90 Å². The van der Waals surface area contributed by atoms with Crippen LogP contribution in [0.3, 0.4) is 0 Å². The summed E-state index contributed by atoms with van der Waals surface area (Å²) < 4.78 is 0. The second-order valence-corrected chi connectivity index (χ2v) is 3.91. The summed E-state index contributed by atoms with van der Waals surface area (Å²) in [4.78, 5) is 11.6. The molecular weight excluding hydrogens is 216 g/mol. The van der Waals surface area contributed by atoms with Gasteiger partial charge in [0.1, 0.15) is 5.75 Å². The quantitative estimate of drug-likeness (QED) is 0.687. The monoisotopic (exact) mass is 232 g/mol. The molecule has 1 rings (SSSR count). The summed E-state index contributed by atoms with van der Waals surface area (Å²) >= 11 is 0. The Balaban J connectivity index is 2.87. The molecule has 0 spiro atoms. The zero-order chi connectivity index (χ0) is 13.0. The molecule has 17 heavy (non-hydrogen) atoms. The molecule has 0 aromatic heterocycles. The molecule has 1 unspecified atom stereocenters. The highest BCUT2D eigenvalue weighted by Gasteiger charge is 2.14. The minimum atomic E-state index is -0.733. The van der Waals surface area contributed by atoms with E-state index in [4.69, 9.17) is 12.2 Å². The van der Waals surface area contributed by atoms with Crippen LogP contribution < -0.4 is 11.1 Å². The fourth-order valence-electron chi connectivity index (χ4n) is 1.42. The minimum absolute atomic E-state index is 0.174. The van der Waals surface area contributed by atoms with Gasteiger partial charge in [-0.25, -0.2) is 0 Å². The van der Waals surface area contributed by atoms with Crippen molar-refractivity contribution in [3.63, 3.8) is 0 Å². The maximum absolute atomic E-state index is 11.6. The van der Waals surface area contributed by atoms with Gasteiger partial charge in [-0.1, -0.05) is 6.07 Å². The van der Waals surface area contributed by atoms with Crippen molar-refractivity contribution in [2.75, 3.05) is 5.32 Å². The van der Waals surface area contributed by atoms with E-state index in [1.54, 1.807) is 26.0 Å². The summed E-state index contributed by atoms with van der Waals surface area (Å²) in [5.41, 5.74) is 7.50. The molecule has 4 heteroatoms. The van der Waals surface area contributed by atoms with E-state index in [1.807, 2.05) is 0 Å². The predicted molar refractivity (Wildman–Crippen MR) is 67.6 cm³/mol. The van der Waals surface area contributed by atoms with E-state index in [-0.39, 0.29) is 18.1 Å². The Morgan fingerprint density at radius 1 is 1.59 bits per heavy atom. The first-order chi connectivity index (χ1) is 7.97. The van der Waals surface area contributed by atoms with Crippen molar-refractivity contribution in [1.29, 1.82) is 0 Å². The van der Waals surface area contributed by atoms with Crippen molar-refractivity contribution in [3.8, 4) is 18.1 Å². The Labute approximate surface area is 101 Å². The highest BCUT2D eigenvalue weighted by atomic mass is 16.3. The third-order valence-electron chi connectivity index (χ3n) is 2.57. The topological polar surface area (TPSA) is 75.4 Å². The number of nitrogens with one attached hydrogen (secondary N) is 1. The van der Waals surface area contributed by atoms with E-state index >= 15 is 0 Å². The number of benzene rings is 1. The number of hydrogen-bond donors (Lipinski definition) is 3. The molecule has 1 atom stereocenters. The Bertz CT molecular complexity index is 475. The number of terminal acetylenes is 1. The molecule has 4 nitrogen and oxygen atoms in total. The Morgan fingerprint density at radius 2 is 2.24 bits per heavy atom. The second-order valence-electron chi connectivity index (χ2n) is 3.91. The van der Waals surface area contributed by atoms with Crippen LogP contribution in [0.4, 0.5) is 5.69 Å². The van der Waals surface area contributed by atoms with Crippen molar-refractivity contribution < 1.29 is 9.90 Å². The van der Waals surface area contributed by atoms with Gasteiger partial charge in [0.2, 0.25) is 5.91 Å². The lowest BCUT2D eigenvalue weighted by Crippen LogP contribution is -2.35. The van der Waals surface area contributed by atoms with Crippen LogP contribution in [0.15, 0.2) is 12.1 Å². The summed E-state index contributed by atoms with van der Waals surface area (Å²) in [7, 11) is 0. The lowest BCUT2D eigenvalue weighted by molar-refractivity contribution is -0.117. The molecule has 1 aromatic carbocycles. The molecule has 1 amide bonds.